The zero-order valence-corrected chi connectivity index (χ0v) is 18.0. The van der Waals surface area contributed by atoms with Gasteiger partial charge in [-0.15, -0.1) is 0 Å². The van der Waals surface area contributed by atoms with E-state index in [1.165, 1.54) is 33.7 Å². The molecule has 1 aromatic heterocycles. The Balaban J connectivity index is 1.54. The van der Waals surface area contributed by atoms with Crippen LogP contribution in [0.5, 0.6) is 0 Å². The molecule has 0 spiro atoms. The number of sulfonamides is 1. The lowest BCUT2D eigenvalue weighted by Crippen LogP contribution is -2.50. The topological polar surface area (TPSA) is 126 Å². The van der Waals surface area contributed by atoms with E-state index in [2.05, 4.69) is 10.3 Å². The van der Waals surface area contributed by atoms with Gasteiger partial charge in [0.05, 0.1) is 10.5 Å². The van der Waals surface area contributed by atoms with Crippen molar-refractivity contribution in [1.82, 2.24) is 14.2 Å². The van der Waals surface area contributed by atoms with Crippen LogP contribution in [-0.4, -0.2) is 66.2 Å². The summed E-state index contributed by atoms with van der Waals surface area (Å²) in [5.41, 5.74) is -2.02. The van der Waals surface area contributed by atoms with Crippen LogP contribution in [0.25, 0.3) is 0 Å². The number of carbonyl (C=O) groups excluding carboxylic acids is 1. The molecule has 14 heteroatoms. The summed E-state index contributed by atoms with van der Waals surface area (Å²) >= 11 is 0. The predicted octanol–water partition coefficient (Wildman–Crippen LogP) is 2.34. The van der Waals surface area contributed by atoms with Gasteiger partial charge in [-0.1, -0.05) is 0 Å². The summed E-state index contributed by atoms with van der Waals surface area (Å²) in [6, 6.07) is 5.06. The van der Waals surface area contributed by atoms with E-state index in [0.29, 0.717) is 6.07 Å². The molecule has 0 unspecified atom stereocenters. The van der Waals surface area contributed by atoms with E-state index >= 15 is 0 Å². The molecule has 1 fully saturated rings. The molecule has 0 radical (unpaired) electrons. The molecule has 3 rings (SSSR count). The molecule has 0 saturated carbocycles. The third kappa shape index (κ3) is 5.76. The lowest BCUT2D eigenvalue weighted by atomic mass is 10.1. The van der Waals surface area contributed by atoms with E-state index < -0.39 is 32.4 Å². The number of carbonyl (C=O) groups is 1. The molecule has 1 aliphatic heterocycles. The fourth-order valence-corrected chi connectivity index (χ4v) is 4.68. The van der Waals surface area contributed by atoms with Gasteiger partial charge in [0.25, 0.3) is 5.69 Å². The quantitative estimate of drug-likeness (QED) is 0.469. The van der Waals surface area contributed by atoms with Crippen molar-refractivity contribution in [3.8, 4) is 0 Å². The normalized spacial score (nSPS) is 15.3. The summed E-state index contributed by atoms with van der Waals surface area (Å²) in [7, 11) is -3.71. The number of nitrogens with one attached hydrogen (secondary N) is 1. The van der Waals surface area contributed by atoms with Crippen molar-refractivity contribution < 1.29 is 31.3 Å². The first-order valence-electron chi connectivity index (χ1n) is 9.77. The fraction of sp³-hybridized carbons (Fsp3) is 0.368. The summed E-state index contributed by atoms with van der Waals surface area (Å²) in [6.07, 6.45) is -2.08. The summed E-state index contributed by atoms with van der Waals surface area (Å²) < 4.78 is 64.8. The van der Waals surface area contributed by atoms with Gasteiger partial charge in [-0.3, -0.25) is 19.9 Å². The number of nitrogens with zero attached hydrogens (tertiary/aromatic N) is 4. The lowest BCUT2D eigenvalue weighted by molar-refractivity contribution is -0.384. The number of amides is 1. The van der Waals surface area contributed by atoms with E-state index in [1.54, 1.807) is 0 Å². The molecule has 1 aliphatic rings. The monoisotopic (exact) mass is 487 g/mol. The number of nitro groups is 1. The molecule has 178 valence electrons. The van der Waals surface area contributed by atoms with Crippen LogP contribution >= 0.6 is 0 Å². The largest absolute Gasteiger partial charge is 0.416 e. The Morgan fingerprint density at radius 2 is 1.88 bits per heavy atom. The zero-order chi connectivity index (χ0) is 24.2. The number of hydrogen-bond donors (Lipinski definition) is 1. The number of alkyl halides is 3. The molecule has 2 aromatic rings. The fourth-order valence-electron chi connectivity index (χ4n) is 3.30. The maximum Gasteiger partial charge on any atom is 0.416 e. The Morgan fingerprint density at radius 1 is 1.18 bits per heavy atom. The minimum absolute atomic E-state index is 0.0424. The van der Waals surface area contributed by atoms with Crippen molar-refractivity contribution >= 4 is 27.3 Å². The summed E-state index contributed by atoms with van der Waals surface area (Å²) in [5.74, 6) is -0.310. The van der Waals surface area contributed by atoms with Crippen molar-refractivity contribution in [3.63, 3.8) is 0 Å². The SMILES string of the molecule is O=C(CCNc1ccc(C(F)(F)F)cc1[N+](=O)[O-])N1CCN(S(=O)(=O)c2cccnc2)CC1. The standard InChI is InChI=1S/C19H20F3N5O5S/c20-19(21,22)14-3-4-16(17(12-14)27(29)30)24-7-5-18(28)25-8-10-26(11-9-25)33(31,32)15-2-1-6-23-13-15/h1-4,6,12-13,24H,5,7-11H2. The number of aromatic nitrogens is 1. The number of anilines is 1. The van der Waals surface area contributed by atoms with Gasteiger partial charge in [-0.25, -0.2) is 8.42 Å². The molecule has 1 amide bonds. The van der Waals surface area contributed by atoms with Crippen molar-refractivity contribution in [2.24, 2.45) is 0 Å². The average Bonchev–Trinajstić information content (AvgIpc) is 2.79. The Labute approximate surface area is 187 Å². The zero-order valence-electron chi connectivity index (χ0n) is 17.2. The molecule has 0 aliphatic carbocycles. The van der Waals surface area contributed by atoms with Gasteiger partial charge >= 0.3 is 6.18 Å². The molecule has 2 heterocycles. The minimum atomic E-state index is -4.72. The van der Waals surface area contributed by atoms with Gasteiger partial charge in [-0.2, -0.15) is 17.5 Å². The van der Waals surface area contributed by atoms with E-state index in [4.69, 9.17) is 0 Å². The van der Waals surface area contributed by atoms with Crippen LogP contribution < -0.4 is 5.32 Å². The van der Waals surface area contributed by atoms with Crippen LogP contribution in [0.15, 0.2) is 47.6 Å². The highest BCUT2D eigenvalue weighted by Gasteiger charge is 2.33. The molecule has 1 aromatic carbocycles. The first-order valence-corrected chi connectivity index (χ1v) is 11.2. The number of pyridine rings is 1. The van der Waals surface area contributed by atoms with Gasteiger partial charge in [0.15, 0.2) is 0 Å². The smallest absolute Gasteiger partial charge is 0.379 e. The van der Waals surface area contributed by atoms with E-state index in [-0.39, 0.29) is 55.6 Å². The highest BCUT2D eigenvalue weighted by Crippen LogP contribution is 2.34. The molecular weight excluding hydrogens is 467 g/mol. The van der Waals surface area contributed by atoms with Crippen LogP contribution in [0.1, 0.15) is 12.0 Å². The van der Waals surface area contributed by atoms with E-state index in [1.807, 2.05) is 0 Å². The predicted molar refractivity (Wildman–Crippen MR) is 111 cm³/mol. The Hall–Kier alpha value is -3.26. The summed E-state index contributed by atoms with van der Waals surface area (Å²) in [6.45, 7) is 0.484. The molecule has 0 bridgehead atoms. The number of nitro benzene ring substituents is 1. The molecule has 1 N–H and O–H groups in total. The molecular formula is C19H20F3N5O5S. The van der Waals surface area contributed by atoms with Crippen LogP contribution in [0.3, 0.4) is 0 Å². The lowest BCUT2D eigenvalue weighted by Gasteiger charge is -2.34. The molecule has 10 nitrogen and oxygen atoms in total. The van der Waals surface area contributed by atoms with Gasteiger partial charge in [0.1, 0.15) is 10.6 Å². The van der Waals surface area contributed by atoms with Crippen LogP contribution in [0.2, 0.25) is 0 Å². The van der Waals surface area contributed by atoms with Crippen LogP contribution in [-0.2, 0) is 21.0 Å². The van der Waals surface area contributed by atoms with Crippen molar-refractivity contribution in [3.05, 3.63) is 58.4 Å². The van der Waals surface area contributed by atoms with Gasteiger partial charge in [0.2, 0.25) is 15.9 Å². The maximum atomic E-state index is 12.8. The number of benzene rings is 1. The van der Waals surface area contributed by atoms with E-state index in [9.17, 15) is 36.5 Å². The Bertz CT molecular complexity index is 1120. The second-order valence-electron chi connectivity index (χ2n) is 7.14. The third-order valence-electron chi connectivity index (χ3n) is 5.04. The number of halogens is 3. The first-order chi connectivity index (χ1) is 15.5. The Kier molecular flexibility index (Phi) is 7.17. The van der Waals surface area contributed by atoms with E-state index in [0.717, 1.165) is 12.1 Å². The second kappa shape index (κ2) is 9.70. The van der Waals surface area contributed by atoms with Crippen molar-refractivity contribution in [2.75, 3.05) is 38.0 Å². The first kappa shape index (κ1) is 24.4. The second-order valence-corrected chi connectivity index (χ2v) is 9.08. The van der Waals surface area contributed by atoms with Crippen molar-refractivity contribution in [1.29, 1.82) is 0 Å². The number of piperazine rings is 1. The maximum absolute atomic E-state index is 12.8. The van der Waals surface area contributed by atoms with Gasteiger partial charge in [0, 0.05) is 57.6 Å². The minimum Gasteiger partial charge on any atom is -0.379 e. The van der Waals surface area contributed by atoms with Crippen LogP contribution in [0, 0.1) is 10.1 Å². The number of hydrogen-bond acceptors (Lipinski definition) is 7. The van der Waals surface area contributed by atoms with Gasteiger partial charge < -0.3 is 10.2 Å². The molecule has 0 atom stereocenters. The van der Waals surface area contributed by atoms with Gasteiger partial charge in [-0.05, 0) is 24.3 Å². The highest BCUT2D eigenvalue weighted by atomic mass is 32.2. The molecule has 33 heavy (non-hydrogen) atoms. The Morgan fingerprint density at radius 3 is 2.45 bits per heavy atom. The number of rotatable bonds is 7. The van der Waals surface area contributed by atoms with Crippen molar-refractivity contribution in [2.45, 2.75) is 17.5 Å². The summed E-state index contributed by atoms with van der Waals surface area (Å²) in [5, 5.41) is 13.8. The van der Waals surface area contributed by atoms with Crippen LogP contribution in [0.4, 0.5) is 24.5 Å². The molecule has 1 saturated heterocycles. The third-order valence-corrected chi connectivity index (χ3v) is 6.92. The highest BCUT2D eigenvalue weighted by molar-refractivity contribution is 7.89. The average molecular weight is 487 g/mol. The summed E-state index contributed by atoms with van der Waals surface area (Å²) in [4.78, 5) is 28.0.